The predicted octanol–water partition coefficient (Wildman–Crippen LogP) is 23.2. The largest absolute Gasteiger partial charge is 0.472 e. The summed E-state index contributed by atoms with van der Waals surface area (Å²) in [5.74, 6) is -2.18. The van der Waals surface area contributed by atoms with Crippen molar-refractivity contribution in [2.24, 2.45) is 0 Å². The number of hydrogen-bond acceptors (Lipinski definition) is 15. The van der Waals surface area contributed by atoms with Crippen molar-refractivity contribution in [3.05, 3.63) is 72.9 Å². The molecule has 0 aromatic heterocycles. The molecular weight excluding hydrogens is 1310 g/mol. The highest BCUT2D eigenvalue weighted by Gasteiger charge is 2.30. The topological polar surface area (TPSA) is 237 Å². The van der Waals surface area contributed by atoms with Crippen LogP contribution in [-0.4, -0.2) is 96.7 Å². The van der Waals surface area contributed by atoms with Crippen LogP contribution >= 0.6 is 15.6 Å². The molecule has 5 atom stereocenters. The lowest BCUT2D eigenvalue weighted by molar-refractivity contribution is -0.161. The summed E-state index contributed by atoms with van der Waals surface area (Å²) in [4.78, 5) is 72.9. The molecule has 0 rings (SSSR count). The normalized spacial score (nSPS) is 14.3. The molecule has 0 aliphatic rings. The van der Waals surface area contributed by atoms with E-state index >= 15 is 0 Å². The van der Waals surface area contributed by atoms with Crippen molar-refractivity contribution in [1.29, 1.82) is 0 Å². The molecule has 5 unspecified atom stereocenters. The second-order valence-electron chi connectivity index (χ2n) is 27.0. The Bertz CT molecular complexity index is 2180. The number of hydrogen-bond donors (Lipinski definition) is 3. The number of ether oxygens (including phenoxy) is 4. The lowest BCUT2D eigenvalue weighted by atomic mass is 10.0. The molecule has 582 valence electrons. The average molecular weight is 1450 g/mol. The molecule has 0 aliphatic carbocycles. The van der Waals surface area contributed by atoms with Crippen molar-refractivity contribution >= 4 is 39.5 Å². The Balaban J connectivity index is 5.31. The number of carbonyl (C=O) groups is 4. The maximum atomic E-state index is 13.1. The van der Waals surface area contributed by atoms with Gasteiger partial charge in [0.15, 0.2) is 12.2 Å². The summed E-state index contributed by atoms with van der Waals surface area (Å²) < 4.78 is 68.6. The van der Waals surface area contributed by atoms with Crippen molar-refractivity contribution in [3.8, 4) is 0 Å². The Morgan fingerprint density at radius 3 is 0.840 bits per heavy atom. The molecular formula is C81H146O17P2. The number of allylic oxidation sites excluding steroid dienone is 12. The predicted molar refractivity (Wildman–Crippen MR) is 409 cm³/mol. The van der Waals surface area contributed by atoms with Gasteiger partial charge in [-0.25, -0.2) is 9.13 Å². The van der Waals surface area contributed by atoms with E-state index < -0.39 is 97.5 Å². The SMILES string of the molecule is CC/C=C\C/C=C\C/C=C\C/C=C\CCCCCCCCC(=O)OCC(COP(=O)(O)OCC(O)COP(=O)(O)OCC(COC(=O)CCCCCCCCCCCCCCCCC)OC(=O)CCCCCCC/C=C\CCCC)OC(=O)CCCCCCC/C=C\CCCCCCCC. The Morgan fingerprint density at radius 2 is 0.530 bits per heavy atom. The molecule has 0 saturated heterocycles. The van der Waals surface area contributed by atoms with E-state index in [1.807, 2.05) is 0 Å². The van der Waals surface area contributed by atoms with Gasteiger partial charge in [0.25, 0.3) is 0 Å². The Hall–Kier alpha value is -3.50. The van der Waals surface area contributed by atoms with Gasteiger partial charge >= 0.3 is 39.5 Å². The molecule has 0 saturated carbocycles. The standard InChI is InChI=1S/C81H146O17P2/c1-5-9-13-17-21-25-29-32-35-36-37-38-41-43-47-50-54-58-62-66-79(84)92-72-77(98-81(86)68-64-60-56-52-48-44-40-34-31-27-23-19-15-11-7-3)74-96-100(89,90)94-70-75(82)69-93-99(87,88)95-73-76(97-80(85)67-63-59-55-51-45-28-24-20-16-12-8-4)71-91-78(83)65-61-57-53-49-46-42-39-33-30-26-22-18-14-10-6-2/h9,13,20-21,24-25,32,34-35,37-38,40,75-77,82H,5-8,10-12,14-19,22-23,26-31,33,36,39,41-74H2,1-4H3,(H,87,88)(H,89,90)/b13-9-,24-20-,25-21-,35-32-,38-37-,40-34-. The van der Waals surface area contributed by atoms with Gasteiger partial charge in [-0.1, -0.05) is 300 Å². The van der Waals surface area contributed by atoms with E-state index in [0.29, 0.717) is 25.7 Å². The molecule has 0 radical (unpaired) electrons. The van der Waals surface area contributed by atoms with Crippen LogP contribution in [0.25, 0.3) is 0 Å². The van der Waals surface area contributed by atoms with Gasteiger partial charge in [0, 0.05) is 25.7 Å². The fourth-order valence-corrected chi connectivity index (χ4v) is 12.6. The lowest BCUT2D eigenvalue weighted by Gasteiger charge is -2.21. The summed E-state index contributed by atoms with van der Waals surface area (Å²) in [7, 11) is -9.95. The molecule has 0 aliphatic heterocycles. The molecule has 0 bridgehead atoms. The highest BCUT2D eigenvalue weighted by Crippen LogP contribution is 2.45. The van der Waals surface area contributed by atoms with Gasteiger partial charge in [-0.05, 0) is 109 Å². The zero-order chi connectivity index (χ0) is 73.2. The minimum absolute atomic E-state index is 0.0842. The number of rotatable bonds is 76. The smallest absolute Gasteiger partial charge is 0.462 e. The van der Waals surface area contributed by atoms with E-state index in [1.54, 1.807) is 0 Å². The van der Waals surface area contributed by atoms with E-state index in [1.165, 1.54) is 122 Å². The van der Waals surface area contributed by atoms with Crippen LogP contribution < -0.4 is 0 Å². The number of phosphoric ester groups is 2. The van der Waals surface area contributed by atoms with E-state index in [2.05, 4.69) is 101 Å². The van der Waals surface area contributed by atoms with Crippen LogP contribution in [0.15, 0.2) is 72.9 Å². The molecule has 3 N–H and O–H groups in total. The Morgan fingerprint density at radius 1 is 0.290 bits per heavy atom. The van der Waals surface area contributed by atoms with Crippen molar-refractivity contribution in [3.63, 3.8) is 0 Å². The summed E-state index contributed by atoms with van der Waals surface area (Å²) in [5, 5.41) is 10.6. The van der Waals surface area contributed by atoms with Crippen molar-refractivity contribution in [2.45, 2.75) is 380 Å². The quantitative estimate of drug-likeness (QED) is 0.0169. The number of aliphatic hydroxyl groups excluding tert-OH is 1. The molecule has 0 aromatic carbocycles. The van der Waals surface area contributed by atoms with Gasteiger partial charge in [0.1, 0.15) is 19.3 Å². The maximum absolute atomic E-state index is 13.1. The third-order valence-corrected chi connectivity index (χ3v) is 19.1. The second kappa shape index (κ2) is 73.8. The number of unbranched alkanes of at least 4 members (excludes halogenated alkanes) is 38. The summed E-state index contributed by atoms with van der Waals surface area (Å²) in [6.45, 7) is 4.75. The minimum Gasteiger partial charge on any atom is -0.462 e. The third kappa shape index (κ3) is 72.8. The molecule has 17 nitrogen and oxygen atoms in total. The van der Waals surface area contributed by atoms with E-state index in [4.69, 9.17) is 37.0 Å². The van der Waals surface area contributed by atoms with Gasteiger partial charge < -0.3 is 33.8 Å². The van der Waals surface area contributed by atoms with Crippen LogP contribution in [0.5, 0.6) is 0 Å². The Kier molecular flexibility index (Phi) is 71.2. The molecule has 0 aromatic rings. The molecule has 0 fully saturated rings. The van der Waals surface area contributed by atoms with Crippen LogP contribution in [0, 0.1) is 0 Å². The first-order chi connectivity index (χ1) is 48.7. The molecule has 19 heteroatoms. The van der Waals surface area contributed by atoms with Gasteiger partial charge in [-0.2, -0.15) is 0 Å². The van der Waals surface area contributed by atoms with Crippen molar-refractivity contribution < 1.29 is 80.2 Å². The van der Waals surface area contributed by atoms with Gasteiger partial charge in [0.05, 0.1) is 26.4 Å². The number of phosphoric acid groups is 2. The average Bonchev–Trinajstić information content (AvgIpc) is 0.985. The first-order valence-electron chi connectivity index (χ1n) is 40.2. The van der Waals surface area contributed by atoms with Crippen molar-refractivity contribution in [2.75, 3.05) is 39.6 Å². The van der Waals surface area contributed by atoms with Crippen LogP contribution in [0.2, 0.25) is 0 Å². The third-order valence-electron chi connectivity index (χ3n) is 17.2. The number of esters is 4. The van der Waals surface area contributed by atoms with Crippen molar-refractivity contribution in [1.82, 2.24) is 0 Å². The van der Waals surface area contributed by atoms with Crippen LogP contribution in [-0.2, 0) is 65.4 Å². The Labute approximate surface area is 609 Å². The van der Waals surface area contributed by atoms with Gasteiger partial charge in [0.2, 0.25) is 0 Å². The molecule has 0 heterocycles. The summed E-state index contributed by atoms with van der Waals surface area (Å²) in [5.41, 5.74) is 0. The molecule has 0 amide bonds. The first kappa shape index (κ1) is 96.5. The van der Waals surface area contributed by atoms with Gasteiger partial charge in [-0.3, -0.25) is 37.3 Å². The van der Waals surface area contributed by atoms with E-state index in [0.717, 1.165) is 161 Å². The zero-order valence-corrected chi connectivity index (χ0v) is 65.4. The summed E-state index contributed by atoms with van der Waals surface area (Å²) in [6.07, 6.45) is 74.5. The summed E-state index contributed by atoms with van der Waals surface area (Å²) >= 11 is 0. The van der Waals surface area contributed by atoms with E-state index in [9.17, 15) is 43.2 Å². The van der Waals surface area contributed by atoms with E-state index in [-0.39, 0.29) is 25.7 Å². The highest BCUT2D eigenvalue weighted by molar-refractivity contribution is 7.47. The fourth-order valence-electron chi connectivity index (χ4n) is 11.0. The second-order valence-corrected chi connectivity index (χ2v) is 29.9. The number of carbonyl (C=O) groups excluding carboxylic acids is 4. The number of aliphatic hydroxyl groups is 1. The lowest BCUT2D eigenvalue weighted by Crippen LogP contribution is -2.30. The monoisotopic (exact) mass is 1450 g/mol. The van der Waals surface area contributed by atoms with Crippen LogP contribution in [0.1, 0.15) is 362 Å². The highest BCUT2D eigenvalue weighted by atomic mass is 31.2. The molecule has 100 heavy (non-hydrogen) atoms. The summed E-state index contributed by atoms with van der Waals surface area (Å²) in [6, 6.07) is 0. The maximum Gasteiger partial charge on any atom is 0.472 e. The zero-order valence-electron chi connectivity index (χ0n) is 63.6. The van der Waals surface area contributed by atoms with Crippen LogP contribution in [0.3, 0.4) is 0 Å². The van der Waals surface area contributed by atoms with Crippen LogP contribution in [0.4, 0.5) is 0 Å². The molecule has 0 spiro atoms. The first-order valence-corrected chi connectivity index (χ1v) is 43.2. The van der Waals surface area contributed by atoms with Gasteiger partial charge in [-0.15, -0.1) is 0 Å². The fraction of sp³-hybridized carbons (Fsp3) is 0.802. The minimum atomic E-state index is -4.98.